The molecule has 1 amide bonds. The molecule has 0 unspecified atom stereocenters. The monoisotopic (exact) mass is 390 g/mol. The van der Waals surface area contributed by atoms with E-state index in [2.05, 4.69) is 20.6 Å². The Kier molecular flexibility index (Phi) is 4.88. The first-order valence-electron chi connectivity index (χ1n) is 9.59. The zero-order valence-corrected chi connectivity index (χ0v) is 16.3. The first-order chi connectivity index (χ1) is 13.9. The number of aryl methyl sites for hydroxylation is 1. The fourth-order valence-electron chi connectivity index (χ4n) is 3.10. The molecule has 1 atom stereocenters. The Hall–Kier alpha value is -3.48. The van der Waals surface area contributed by atoms with Gasteiger partial charge in [0.15, 0.2) is 0 Å². The van der Waals surface area contributed by atoms with Crippen LogP contribution in [0.5, 0.6) is 0 Å². The van der Waals surface area contributed by atoms with E-state index in [1.807, 2.05) is 43.3 Å². The van der Waals surface area contributed by atoms with Gasteiger partial charge in [-0.15, -0.1) is 0 Å². The molecule has 1 heterocycles. The number of hydrogen-bond donors (Lipinski definition) is 3. The Morgan fingerprint density at radius 2 is 1.97 bits per heavy atom. The summed E-state index contributed by atoms with van der Waals surface area (Å²) in [6.45, 7) is 3.55. The number of hydrogen-bond acceptors (Lipinski definition) is 5. The summed E-state index contributed by atoms with van der Waals surface area (Å²) in [6.07, 6.45) is 3.77. The fraction of sp³-hybridized carbons (Fsp3) is 0.273. The molecule has 0 bridgehead atoms. The molecule has 2 aromatic carbocycles. The number of nitrogens with one attached hydrogen (secondary N) is 2. The number of carbonyl (C=O) groups is 2. The Morgan fingerprint density at radius 1 is 1.17 bits per heavy atom. The molecular formula is C22H22N4O3. The van der Waals surface area contributed by atoms with Crippen LogP contribution in [0.1, 0.15) is 35.7 Å². The summed E-state index contributed by atoms with van der Waals surface area (Å²) in [6, 6.07) is 11.1. The maximum Gasteiger partial charge on any atom is 0.325 e. The standard InChI is InChI=1S/C22H22N4O3/c1-12-3-4-15(20(27)25-17-6-7-17)10-18(12)14-5-8-19-16(9-14)11-23-22(26-19)24-13(2)21(28)29/h3-5,8-11,13,17H,6-7H2,1-2H3,(H,25,27)(H,28,29)(H,23,24,26)/t13-/m1/s1. The molecule has 3 aromatic rings. The van der Waals surface area contributed by atoms with Gasteiger partial charge in [0.05, 0.1) is 5.52 Å². The quantitative estimate of drug-likeness (QED) is 0.596. The number of nitrogens with zero attached hydrogens (tertiary/aromatic N) is 2. The molecule has 29 heavy (non-hydrogen) atoms. The number of benzene rings is 2. The molecule has 0 aliphatic heterocycles. The van der Waals surface area contributed by atoms with Gasteiger partial charge < -0.3 is 15.7 Å². The summed E-state index contributed by atoms with van der Waals surface area (Å²) in [4.78, 5) is 32.0. The van der Waals surface area contributed by atoms with E-state index in [0.29, 0.717) is 17.1 Å². The van der Waals surface area contributed by atoms with Crippen molar-refractivity contribution in [3.05, 3.63) is 53.7 Å². The lowest BCUT2D eigenvalue weighted by atomic mass is 9.97. The van der Waals surface area contributed by atoms with Gasteiger partial charge in [0.1, 0.15) is 6.04 Å². The third kappa shape index (κ3) is 4.18. The van der Waals surface area contributed by atoms with Gasteiger partial charge in [-0.05, 0) is 67.6 Å². The highest BCUT2D eigenvalue weighted by molar-refractivity contribution is 5.96. The number of anilines is 1. The predicted molar refractivity (Wildman–Crippen MR) is 111 cm³/mol. The number of rotatable bonds is 6. The van der Waals surface area contributed by atoms with Crippen LogP contribution in [-0.2, 0) is 4.79 Å². The Bertz CT molecular complexity index is 1110. The van der Waals surface area contributed by atoms with Crippen molar-refractivity contribution in [2.24, 2.45) is 0 Å². The minimum atomic E-state index is -0.967. The summed E-state index contributed by atoms with van der Waals surface area (Å²) in [5, 5.41) is 15.6. The van der Waals surface area contributed by atoms with Gasteiger partial charge >= 0.3 is 5.97 Å². The van der Waals surface area contributed by atoms with Gasteiger partial charge in [0, 0.05) is 23.2 Å². The first-order valence-corrected chi connectivity index (χ1v) is 9.59. The van der Waals surface area contributed by atoms with Crippen LogP contribution in [-0.4, -0.2) is 39.0 Å². The molecule has 0 radical (unpaired) electrons. The summed E-state index contributed by atoms with van der Waals surface area (Å²) in [7, 11) is 0. The third-order valence-corrected chi connectivity index (χ3v) is 5.02. The summed E-state index contributed by atoms with van der Waals surface area (Å²) in [5.74, 6) is -0.735. The number of aliphatic carboxylic acids is 1. The molecule has 3 N–H and O–H groups in total. The maximum absolute atomic E-state index is 12.4. The van der Waals surface area contributed by atoms with Gasteiger partial charge in [0.25, 0.3) is 5.91 Å². The highest BCUT2D eigenvalue weighted by Gasteiger charge is 2.24. The lowest BCUT2D eigenvalue weighted by Gasteiger charge is -2.12. The van der Waals surface area contributed by atoms with Gasteiger partial charge in [-0.25, -0.2) is 9.97 Å². The number of amides is 1. The number of carboxylic acids is 1. The average Bonchev–Trinajstić information content (AvgIpc) is 3.51. The molecule has 0 saturated heterocycles. The largest absolute Gasteiger partial charge is 0.480 e. The highest BCUT2D eigenvalue weighted by atomic mass is 16.4. The van der Waals surface area contributed by atoms with Gasteiger partial charge in [-0.2, -0.15) is 0 Å². The molecule has 7 heteroatoms. The summed E-state index contributed by atoms with van der Waals surface area (Å²) >= 11 is 0. The van der Waals surface area contributed by atoms with Crippen molar-refractivity contribution in [2.75, 3.05) is 5.32 Å². The van der Waals surface area contributed by atoms with Crippen LogP contribution >= 0.6 is 0 Å². The van der Waals surface area contributed by atoms with Crippen molar-refractivity contribution < 1.29 is 14.7 Å². The van der Waals surface area contributed by atoms with Gasteiger partial charge in [0.2, 0.25) is 5.95 Å². The molecule has 148 valence electrons. The van der Waals surface area contributed by atoms with Crippen LogP contribution in [0.25, 0.3) is 22.0 Å². The Labute approximate surface area is 168 Å². The molecule has 4 rings (SSSR count). The molecule has 0 spiro atoms. The van der Waals surface area contributed by atoms with Crippen LogP contribution in [0.15, 0.2) is 42.6 Å². The molecule has 1 fully saturated rings. The summed E-state index contributed by atoms with van der Waals surface area (Å²) in [5.41, 5.74) is 4.39. The predicted octanol–water partition coefficient (Wildman–Crippen LogP) is 3.38. The zero-order chi connectivity index (χ0) is 20.5. The minimum Gasteiger partial charge on any atom is -0.480 e. The molecule has 1 aliphatic rings. The SMILES string of the molecule is Cc1ccc(C(=O)NC2CC2)cc1-c1ccc2nc(N[C@H](C)C(=O)O)ncc2c1. The topological polar surface area (TPSA) is 104 Å². The highest BCUT2D eigenvalue weighted by Crippen LogP contribution is 2.28. The van der Waals surface area contributed by atoms with E-state index in [1.54, 1.807) is 6.20 Å². The second-order valence-electron chi connectivity index (χ2n) is 7.45. The van der Waals surface area contributed by atoms with Crippen molar-refractivity contribution in [3.63, 3.8) is 0 Å². The Morgan fingerprint density at radius 3 is 2.69 bits per heavy atom. The van der Waals surface area contributed by atoms with E-state index in [0.717, 1.165) is 34.9 Å². The fourth-order valence-corrected chi connectivity index (χ4v) is 3.10. The number of aromatic nitrogens is 2. The second-order valence-corrected chi connectivity index (χ2v) is 7.45. The maximum atomic E-state index is 12.4. The normalized spacial score (nSPS) is 14.4. The third-order valence-electron chi connectivity index (χ3n) is 5.02. The van der Waals surface area contributed by atoms with Crippen LogP contribution in [0.4, 0.5) is 5.95 Å². The number of fused-ring (bicyclic) bond motifs is 1. The van der Waals surface area contributed by atoms with E-state index in [1.165, 1.54) is 6.92 Å². The van der Waals surface area contributed by atoms with Crippen molar-refractivity contribution >= 4 is 28.7 Å². The van der Waals surface area contributed by atoms with E-state index in [-0.39, 0.29) is 11.9 Å². The minimum absolute atomic E-state index is 0.0406. The lowest BCUT2D eigenvalue weighted by molar-refractivity contribution is -0.137. The van der Waals surface area contributed by atoms with Crippen LogP contribution in [0, 0.1) is 6.92 Å². The van der Waals surface area contributed by atoms with Crippen LogP contribution in [0.3, 0.4) is 0 Å². The number of carboxylic acid groups (broad SMARTS) is 1. The first kappa shape index (κ1) is 18.9. The second kappa shape index (κ2) is 7.50. The zero-order valence-electron chi connectivity index (χ0n) is 16.3. The van der Waals surface area contributed by atoms with E-state index in [4.69, 9.17) is 5.11 Å². The Balaban J connectivity index is 1.63. The van der Waals surface area contributed by atoms with E-state index >= 15 is 0 Å². The molecule has 1 saturated carbocycles. The van der Waals surface area contributed by atoms with Crippen molar-refractivity contribution in [1.82, 2.24) is 15.3 Å². The van der Waals surface area contributed by atoms with Gasteiger partial charge in [-0.1, -0.05) is 12.1 Å². The average molecular weight is 390 g/mol. The summed E-state index contributed by atoms with van der Waals surface area (Å²) < 4.78 is 0. The molecule has 7 nitrogen and oxygen atoms in total. The molecular weight excluding hydrogens is 368 g/mol. The van der Waals surface area contributed by atoms with Crippen molar-refractivity contribution in [3.8, 4) is 11.1 Å². The van der Waals surface area contributed by atoms with E-state index in [9.17, 15) is 9.59 Å². The van der Waals surface area contributed by atoms with Crippen LogP contribution < -0.4 is 10.6 Å². The van der Waals surface area contributed by atoms with Crippen LogP contribution in [0.2, 0.25) is 0 Å². The van der Waals surface area contributed by atoms with Crippen molar-refractivity contribution in [1.29, 1.82) is 0 Å². The number of carbonyl (C=O) groups excluding carboxylic acids is 1. The van der Waals surface area contributed by atoms with Gasteiger partial charge in [-0.3, -0.25) is 9.59 Å². The molecule has 1 aromatic heterocycles. The smallest absolute Gasteiger partial charge is 0.325 e. The molecule has 1 aliphatic carbocycles. The van der Waals surface area contributed by atoms with E-state index < -0.39 is 12.0 Å². The lowest BCUT2D eigenvalue weighted by Crippen LogP contribution is -2.26. The van der Waals surface area contributed by atoms with Crippen molar-refractivity contribution in [2.45, 2.75) is 38.8 Å².